The molecule has 0 radical (unpaired) electrons. The number of piperidine rings is 1. The molecule has 5 heteroatoms. The molecule has 1 rings (SSSR count). The van der Waals surface area contributed by atoms with Gasteiger partial charge in [0.15, 0.2) is 0 Å². The lowest BCUT2D eigenvalue weighted by molar-refractivity contribution is 0.0989. The maximum Gasteiger partial charge on any atom is 0.407 e. The van der Waals surface area contributed by atoms with Crippen molar-refractivity contribution in [1.82, 2.24) is 15.1 Å². The number of hydrogen-bond acceptors (Lipinski definition) is 4. The Morgan fingerprint density at radius 3 is 1.92 bits per heavy atom. The molecule has 1 saturated heterocycles. The van der Waals surface area contributed by atoms with Crippen LogP contribution in [0.4, 0.5) is 4.79 Å². The molecular formula is C31H63N3O2. The van der Waals surface area contributed by atoms with Crippen LogP contribution < -0.4 is 5.32 Å². The molecule has 1 N–H and O–H groups in total. The number of carbonyl (C=O) groups is 1. The first-order valence-electron chi connectivity index (χ1n) is 15.9. The van der Waals surface area contributed by atoms with Crippen LogP contribution in [0.3, 0.4) is 0 Å². The van der Waals surface area contributed by atoms with Crippen LogP contribution in [0.2, 0.25) is 0 Å². The molecule has 1 amide bonds. The average molecular weight is 510 g/mol. The number of ether oxygens (including phenoxy) is 1. The summed E-state index contributed by atoms with van der Waals surface area (Å²) < 4.78 is 5.44. The lowest BCUT2D eigenvalue weighted by Crippen LogP contribution is -2.41. The second kappa shape index (κ2) is 24.5. The molecule has 1 aliphatic heterocycles. The van der Waals surface area contributed by atoms with Crippen molar-refractivity contribution in [3.8, 4) is 0 Å². The van der Waals surface area contributed by atoms with Crippen LogP contribution in [0.1, 0.15) is 142 Å². The Morgan fingerprint density at radius 2 is 1.36 bits per heavy atom. The first kappa shape index (κ1) is 33.2. The lowest BCUT2D eigenvalue weighted by Gasteiger charge is -2.35. The Hall–Kier alpha value is -0.810. The topological polar surface area (TPSA) is 44.8 Å². The third-order valence-electron chi connectivity index (χ3n) is 7.78. The SMILES string of the molecule is CCCCCCCCCCCCCCCCCCN1CCCCC1CCOC(=O)NCCCN(C)C. The first-order valence-corrected chi connectivity index (χ1v) is 15.9. The van der Waals surface area contributed by atoms with Gasteiger partial charge in [0.05, 0.1) is 6.61 Å². The molecule has 0 saturated carbocycles. The fraction of sp³-hybridized carbons (Fsp3) is 0.968. The average Bonchev–Trinajstić information content (AvgIpc) is 2.87. The standard InChI is InChI=1S/C31H63N3O2/c1-4-5-6-7-8-9-10-11-12-13-14-15-16-17-18-20-27-34-28-21-19-23-30(34)24-29-36-31(35)32-25-22-26-33(2)3/h30H,4-29H2,1-3H3,(H,32,35). The van der Waals surface area contributed by atoms with Gasteiger partial charge in [0.1, 0.15) is 0 Å². The molecule has 0 aromatic carbocycles. The molecular weight excluding hydrogens is 446 g/mol. The minimum Gasteiger partial charge on any atom is -0.450 e. The number of rotatable bonds is 24. The quantitative estimate of drug-likeness (QED) is 0.133. The van der Waals surface area contributed by atoms with Crippen LogP contribution in [-0.2, 0) is 4.74 Å². The minimum absolute atomic E-state index is 0.256. The van der Waals surface area contributed by atoms with Crippen molar-refractivity contribution in [3.05, 3.63) is 0 Å². The minimum atomic E-state index is -0.256. The molecule has 1 heterocycles. The van der Waals surface area contributed by atoms with Crippen molar-refractivity contribution in [1.29, 1.82) is 0 Å². The van der Waals surface area contributed by atoms with Crippen molar-refractivity contribution >= 4 is 6.09 Å². The van der Waals surface area contributed by atoms with E-state index in [4.69, 9.17) is 4.74 Å². The van der Waals surface area contributed by atoms with Crippen molar-refractivity contribution in [2.75, 3.05) is 46.9 Å². The maximum absolute atomic E-state index is 11.9. The summed E-state index contributed by atoms with van der Waals surface area (Å²) in [5.74, 6) is 0. The van der Waals surface area contributed by atoms with E-state index in [1.807, 2.05) is 14.1 Å². The zero-order valence-corrected chi connectivity index (χ0v) is 24.7. The molecule has 1 atom stereocenters. The summed E-state index contributed by atoms with van der Waals surface area (Å²) in [7, 11) is 4.10. The second-order valence-electron chi connectivity index (χ2n) is 11.5. The van der Waals surface area contributed by atoms with Crippen molar-refractivity contribution in [3.63, 3.8) is 0 Å². The van der Waals surface area contributed by atoms with Crippen LogP contribution in [0.25, 0.3) is 0 Å². The van der Waals surface area contributed by atoms with Crippen LogP contribution in [0, 0.1) is 0 Å². The number of carbonyl (C=O) groups excluding carboxylic acids is 1. The van der Waals surface area contributed by atoms with E-state index in [0.717, 1.165) is 19.4 Å². The van der Waals surface area contributed by atoms with E-state index in [0.29, 0.717) is 19.2 Å². The van der Waals surface area contributed by atoms with E-state index in [9.17, 15) is 4.79 Å². The van der Waals surface area contributed by atoms with Crippen molar-refractivity contribution < 1.29 is 9.53 Å². The summed E-state index contributed by atoms with van der Waals surface area (Å²) in [5.41, 5.74) is 0. The number of amides is 1. The third kappa shape index (κ3) is 20.3. The van der Waals surface area contributed by atoms with Crippen LogP contribution in [0.15, 0.2) is 0 Å². The molecule has 0 spiro atoms. The summed E-state index contributed by atoms with van der Waals surface area (Å²) >= 11 is 0. The Labute approximate surface area is 225 Å². The molecule has 0 bridgehead atoms. The van der Waals surface area contributed by atoms with Crippen LogP contribution in [0.5, 0.6) is 0 Å². The molecule has 214 valence electrons. The fourth-order valence-corrected chi connectivity index (χ4v) is 5.47. The molecule has 1 fully saturated rings. The molecule has 0 aromatic rings. The Morgan fingerprint density at radius 1 is 0.806 bits per heavy atom. The molecule has 0 aliphatic carbocycles. The van der Waals surface area contributed by atoms with Gasteiger partial charge < -0.3 is 19.9 Å². The smallest absolute Gasteiger partial charge is 0.407 e. The predicted molar refractivity (Wildman–Crippen MR) is 156 cm³/mol. The highest BCUT2D eigenvalue weighted by Gasteiger charge is 2.22. The predicted octanol–water partition coefficient (Wildman–Crippen LogP) is 8.17. The number of nitrogens with zero attached hydrogens (tertiary/aromatic N) is 2. The number of unbranched alkanes of at least 4 members (excludes halogenated alkanes) is 15. The Balaban J connectivity index is 1.93. The summed E-state index contributed by atoms with van der Waals surface area (Å²) in [6.07, 6.45) is 28.4. The summed E-state index contributed by atoms with van der Waals surface area (Å²) in [5, 5.41) is 2.87. The van der Waals surface area contributed by atoms with Gasteiger partial charge >= 0.3 is 6.09 Å². The Kier molecular flexibility index (Phi) is 22.6. The van der Waals surface area contributed by atoms with Gasteiger partial charge in [-0.25, -0.2) is 4.79 Å². The number of nitrogens with one attached hydrogen (secondary N) is 1. The van der Waals surface area contributed by atoms with Gasteiger partial charge in [-0.2, -0.15) is 0 Å². The van der Waals surface area contributed by atoms with Gasteiger partial charge in [0.25, 0.3) is 0 Å². The van der Waals surface area contributed by atoms with E-state index in [1.54, 1.807) is 0 Å². The van der Waals surface area contributed by atoms with Gasteiger partial charge in [-0.15, -0.1) is 0 Å². The van der Waals surface area contributed by atoms with E-state index in [1.165, 1.54) is 135 Å². The number of alkyl carbamates (subject to hydrolysis) is 1. The maximum atomic E-state index is 11.9. The molecule has 0 aromatic heterocycles. The second-order valence-corrected chi connectivity index (χ2v) is 11.5. The van der Waals surface area contributed by atoms with Gasteiger partial charge in [0, 0.05) is 12.6 Å². The van der Waals surface area contributed by atoms with Gasteiger partial charge in [-0.1, -0.05) is 110 Å². The lowest BCUT2D eigenvalue weighted by atomic mass is 9.99. The monoisotopic (exact) mass is 509 g/mol. The highest BCUT2D eigenvalue weighted by molar-refractivity contribution is 5.66. The van der Waals surface area contributed by atoms with Crippen molar-refractivity contribution in [2.45, 2.75) is 148 Å². The largest absolute Gasteiger partial charge is 0.450 e. The molecule has 5 nitrogen and oxygen atoms in total. The number of likely N-dealkylation sites (tertiary alicyclic amines) is 1. The Bertz CT molecular complexity index is 486. The zero-order valence-electron chi connectivity index (χ0n) is 24.7. The first-order chi connectivity index (χ1) is 17.6. The number of hydrogen-bond donors (Lipinski definition) is 1. The van der Waals surface area contributed by atoms with E-state index in [-0.39, 0.29) is 6.09 Å². The third-order valence-corrected chi connectivity index (χ3v) is 7.78. The molecule has 1 aliphatic rings. The molecule has 36 heavy (non-hydrogen) atoms. The van der Waals surface area contributed by atoms with E-state index in [2.05, 4.69) is 22.0 Å². The van der Waals surface area contributed by atoms with Gasteiger partial charge in [-0.3, -0.25) is 0 Å². The summed E-state index contributed by atoms with van der Waals surface area (Å²) in [6.45, 7) is 6.95. The van der Waals surface area contributed by atoms with Crippen molar-refractivity contribution in [2.24, 2.45) is 0 Å². The van der Waals surface area contributed by atoms with E-state index >= 15 is 0 Å². The zero-order chi connectivity index (χ0) is 26.1. The fourth-order valence-electron chi connectivity index (χ4n) is 5.47. The van der Waals surface area contributed by atoms with E-state index < -0.39 is 0 Å². The summed E-state index contributed by atoms with van der Waals surface area (Å²) in [4.78, 5) is 16.7. The van der Waals surface area contributed by atoms with Gasteiger partial charge in [0.2, 0.25) is 0 Å². The highest BCUT2D eigenvalue weighted by Crippen LogP contribution is 2.21. The van der Waals surface area contributed by atoms with Crippen LogP contribution in [-0.4, -0.2) is 68.8 Å². The van der Waals surface area contributed by atoms with Crippen LogP contribution >= 0.6 is 0 Å². The molecule has 1 unspecified atom stereocenters. The van der Waals surface area contributed by atoms with Gasteiger partial charge in [-0.05, 0) is 65.8 Å². The highest BCUT2D eigenvalue weighted by atomic mass is 16.5. The summed E-state index contributed by atoms with van der Waals surface area (Å²) in [6, 6.07) is 0.594. The normalized spacial score (nSPS) is 16.5.